The predicted molar refractivity (Wildman–Crippen MR) is 186 cm³/mol. The smallest absolute Gasteiger partial charge is 0.236 e. The number of carbonyl (C=O) groups excluding carboxylic acids is 1. The third-order valence-electron chi connectivity index (χ3n) is 12.8. The number of likely N-dealkylation sites (N-methyl/N-ethyl adjacent to an activating group) is 2. The van der Waals surface area contributed by atoms with Crippen LogP contribution in [-0.4, -0.2) is 81.0 Å². The average molecular weight is 618 g/mol. The number of carbonyl (C=O) groups is 1. The molecule has 3 heterocycles. The minimum Gasteiger partial charge on any atom is -0.342 e. The second-order valence-electron chi connectivity index (χ2n) is 15.5. The first-order valence-electron chi connectivity index (χ1n) is 19.1. The van der Waals surface area contributed by atoms with Gasteiger partial charge in [0.25, 0.3) is 0 Å². The molecule has 7 unspecified atom stereocenters. The van der Waals surface area contributed by atoms with Crippen molar-refractivity contribution in [1.82, 2.24) is 24.3 Å². The molecule has 6 nitrogen and oxygen atoms in total. The second-order valence-corrected chi connectivity index (χ2v) is 15.5. The van der Waals surface area contributed by atoms with Crippen molar-refractivity contribution in [2.24, 2.45) is 23.7 Å². The molecule has 2 aromatic rings. The van der Waals surface area contributed by atoms with E-state index in [4.69, 9.17) is 4.98 Å². The zero-order valence-corrected chi connectivity index (χ0v) is 29.3. The standard InChI is InChI=1S/C39H63N5O/c1-6-29(26-41(7-2)27-39(45)42(8-3)9-4)23-38-40-35-16-12-13-17-36(35)44(38)34-24-32-19-18-28(5)37(25-34)43(32)33-21-30-14-10-11-15-31(20-30)22-33/h12-13,16-17,28-34,37H,6-11,14-15,18-27H2,1-5H3. The molecule has 0 radical (unpaired) electrons. The van der Waals surface area contributed by atoms with Gasteiger partial charge in [0.1, 0.15) is 5.82 Å². The van der Waals surface area contributed by atoms with Gasteiger partial charge in [0.2, 0.25) is 5.91 Å². The minimum atomic E-state index is 0.258. The molecule has 0 spiro atoms. The van der Waals surface area contributed by atoms with E-state index in [1.54, 1.807) is 0 Å². The molecule has 250 valence electrons. The maximum absolute atomic E-state index is 13.0. The number of imidazole rings is 1. The van der Waals surface area contributed by atoms with E-state index in [1.807, 2.05) is 4.90 Å². The van der Waals surface area contributed by atoms with Crippen molar-refractivity contribution in [2.75, 3.05) is 32.7 Å². The third-order valence-corrected chi connectivity index (χ3v) is 12.8. The summed E-state index contributed by atoms with van der Waals surface area (Å²) in [7, 11) is 0. The van der Waals surface area contributed by atoms with E-state index in [0.29, 0.717) is 30.6 Å². The molecule has 4 bridgehead atoms. The van der Waals surface area contributed by atoms with Crippen LogP contribution >= 0.6 is 0 Å². The Bertz CT molecular complexity index is 1240. The summed E-state index contributed by atoms with van der Waals surface area (Å²) < 4.78 is 2.71. The first kappa shape index (κ1) is 33.0. The lowest BCUT2D eigenvalue weighted by Gasteiger charge is -2.56. The molecule has 1 amide bonds. The Morgan fingerprint density at radius 3 is 2.29 bits per heavy atom. The van der Waals surface area contributed by atoms with Crippen LogP contribution < -0.4 is 0 Å². The van der Waals surface area contributed by atoms with E-state index in [0.717, 1.165) is 68.3 Å². The van der Waals surface area contributed by atoms with Crippen LogP contribution in [0.5, 0.6) is 0 Å². The molecule has 2 aliphatic heterocycles. The number of piperidine rings is 2. The maximum atomic E-state index is 13.0. The van der Waals surface area contributed by atoms with Gasteiger partial charge in [-0.15, -0.1) is 0 Å². The van der Waals surface area contributed by atoms with Crippen LogP contribution in [0.3, 0.4) is 0 Å². The molecule has 6 rings (SSSR count). The number of hydrogen-bond donors (Lipinski definition) is 0. The molecule has 45 heavy (non-hydrogen) atoms. The lowest BCUT2D eigenvalue weighted by molar-refractivity contribution is -0.132. The van der Waals surface area contributed by atoms with Crippen LogP contribution in [-0.2, 0) is 11.2 Å². The fourth-order valence-corrected chi connectivity index (χ4v) is 10.3. The summed E-state index contributed by atoms with van der Waals surface area (Å²) in [6, 6.07) is 11.7. The molecular weight excluding hydrogens is 554 g/mol. The summed E-state index contributed by atoms with van der Waals surface area (Å²) in [5.74, 6) is 4.75. The van der Waals surface area contributed by atoms with Gasteiger partial charge >= 0.3 is 0 Å². The summed E-state index contributed by atoms with van der Waals surface area (Å²) in [6.45, 7) is 15.2. The number of nitrogens with zero attached hydrogens (tertiary/aromatic N) is 5. The summed E-state index contributed by atoms with van der Waals surface area (Å²) in [5, 5.41) is 0. The van der Waals surface area contributed by atoms with Gasteiger partial charge < -0.3 is 9.47 Å². The number of aromatic nitrogens is 2. The predicted octanol–water partition coefficient (Wildman–Crippen LogP) is 7.96. The number of rotatable bonds is 12. The molecule has 1 aromatic carbocycles. The number of amides is 1. The SMILES string of the molecule is CCC(Cc1nc2ccccc2n1C1CC2CCC(C)C(C1)N2C1CC2CCCCC(C2)C1)CN(CC)CC(=O)N(CC)CC. The van der Waals surface area contributed by atoms with E-state index in [-0.39, 0.29) is 5.91 Å². The van der Waals surface area contributed by atoms with Crippen LogP contribution in [0.25, 0.3) is 11.0 Å². The van der Waals surface area contributed by atoms with Crippen molar-refractivity contribution in [3.8, 4) is 0 Å². The van der Waals surface area contributed by atoms with Gasteiger partial charge in [-0.05, 0) is 101 Å². The van der Waals surface area contributed by atoms with E-state index in [1.165, 1.54) is 82.0 Å². The Kier molecular flexibility index (Phi) is 10.9. The third kappa shape index (κ3) is 7.17. The lowest BCUT2D eigenvalue weighted by atomic mass is 9.71. The van der Waals surface area contributed by atoms with E-state index in [9.17, 15) is 4.79 Å². The molecule has 4 aliphatic rings. The Balaban J connectivity index is 1.23. The zero-order valence-electron chi connectivity index (χ0n) is 29.3. The van der Waals surface area contributed by atoms with Gasteiger partial charge in [-0.3, -0.25) is 14.6 Å². The van der Waals surface area contributed by atoms with Gasteiger partial charge in [0.05, 0.1) is 17.6 Å². The van der Waals surface area contributed by atoms with Crippen molar-refractivity contribution < 1.29 is 4.79 Å². The fourth-order valence-electron chi connectivity index (χ4n) is 10.3. The van der Waals surface area contributed by atoms with Gasteiger partial charge in [-0.25, -0.2) is 4.98 Å². The summed E-state index contributed by atoms with van der Waals surface area (Å²) >= 11 is 0. The first-order chi connectivity index (χ1) is 21.9. The normalized spacial score (nSPS) is 31.2. The van der Waals surface area contributed by atoms with Crippen LogP contribution in [0.1, 0.15) is 124 Å². The van der Waals surface area contributed by atoms with Crippen LogP contribution in [0.15, 0.2) is 24.3 Å². The minimum absolute atomic E-state index is 0.258. The molecule has 2 aliphatic carbocycles. The summed E-state index contributed by atoms with van der Waals surface area (Å²) in [6.07, 6.45) is 17.7. The molecule has 1 aromatic heterocycles. The van der Waals surface area contributed by atoms with Crippen LogP contribution in [0.4, 0.5) is 0 Å². The van der Waals surface area contributed by atoms with E-state index < -0.39 is 0 Å². The van der Waals surface area contributed by atoms with Gasteiger partial charge in [-0.1, -0.05) is 65.0 Å². The highest BCUT2D eigenvalue weighted by molar-refractivity contribution is 5.78. The zero-order chi connectivity index (χ0) is 31.5. The maximum Gasteiger partial charge on any atom is 0.236 e. The lowest BCUT2D eigenvalue weighted by Crippen LogP contribution is -2.60. The van der Waals surface area contributed by atoms with Crippen LogP contribution in [0.2, 0.25) is 0 Å². The molecular formula is C39H63N5O. The van der Waals surface area contributed by atoms with E-state index >= 15 is 0 Å². The van der Waals surface area contributed by atoms with Gasteiger partial charge in [0, 0.05) is 50.2 Å². The molecule has 6 heteroatoms. The highest BCUT2D eigenvalue weighted by Crippen LogP contribution is 2.49. The number of para-hydroxylation sites is 2. The molecule has 0 N–H and O–H groups in total. The molecule has 4 fully saturated rings. The highest BCUT2D eigenvalue weighted by atomic mass is 16.2. The summed E-state index contributed by atoms with van der Waals surface area (Å²) in [4.78, 5) is 25.8. The van der Waals surface area contributed by atoms with Crippen molar-refractivity contribution >= 4 is 16.9 Å². The Hall–Kier alpha value is -1.92. The first-order valence-corrected chi connectivity index (χ1v) is 19.1. The second kappa shape index (κ2) is 14.9. The largest absolute Gasteiger partial charge is 0.342 e. The topological polar surface area (TPSA) is 44.6 Å². The van der Waals surface area contributed by atoms with E-state index in [2.05, 4.69) is 73.3 Å². The molecule has 2 saturated carbocycles. The van der Waals surface area contributed by atoms with Crippen LogP contribution in [0, 0.1) is 23.7 Å². The van der Waals surface area contributed by atoms with Gasteiger partial charge in [-0.2, -0.15) is 0 Å². The molecule has 2 saturated heterocycles. The average Bonchev–Trinajstić information content (AvgIpc) is 3.32. The van der Waals surface area contributed by atoms with Crippen molar-refractivity contribution in [3.05, 3.63) is 30.1 Å². The highest BCUT2D eigenvalue weighted by Gasteiger charge is 2.47. The van der Waals surface area contributed by atoms with Crippen molar-refractivity contribution in [2.45, 2.75) is 142 Å². The quantitative estimate of drug-likeness (QED) is 0.242. The molecule has 7 atom stereocenters. The number of benzene rings is 1. The Morgan fingerprint density at radius 2 is 1.60 bits per heavy atom. The number of fused-ring (bicyclic) bond motifs is 5. The van der Waals surface area contributed by atoms with Gasteiger partial charge in [0.15, 0.2) is 0 Å². The van der Waals surface area contributed by atoms with Crippen molar-refractivity contribution in [1.29, 1.82) is 0 Å². The monoisotopic (exact) mass is 618 g/mol. The Labute approximate surface area is 274 Å². The number of hydrogen-bond acceptors (Lipinski definition) is 4. The Morgan fingerprint density at radius 1 is 0.867 bits per heavy atom. The summed E-state index contributed by atoms with van der Waals surface area (Å²) in [5.41, 5.74) is 2.49. The fraction of sp³-hybridized carbons (Fsp3) is 0.795. The van der Waals surface area contributed by atoms with Crippen molar-refractivity contribution in [3.63, 3.8) is 0 Å².